The number of para-hydroxylation sites is 1. The molecule has 0 bridgehead atoms. The minimum atomic E-state index is -2.92. The lowest BCUT2D eigenvalue weighted by molar-refractivity contribution is -0.0505. The molecule has 4 aromatic rings. The first-order valence-corrected chi connectivity index (χ1v) is 9.74. The van der Waals surface area contributed by atoms with Crippen molar-refractivity contribution in [1.82, 2.24) is 9.78 Å². The summed E-state index contributed by atoms with van der Waals surface area (Å²) < 4.78 is 60.2. The van der Waals surface area contributed by atoms with Crippen molar-refractivity contribution < 1.29 is 27.0 Å². The number of hydrogen-bond acceptors (Lipinski definition) is 3. The van der Waals surface area contributed by atoms with Crippen LogP contribution in [0.1, 0.15) is 0 Å². The maximum atomic E-state index is 12.5. The van der Waals surface area contributed by atoms with Gasteiger partial charge in [0.25, 0.3) is 0 Å². The second kappa shape index (κ2) is 9.32. The van der Waals surface area contributed by atoms with Crippen LogP contribution in [0.3, 0.4) is 0 Å². The molecule has 1 heterocycles. The Labute approximate surface area is 185 Å². The maximum absolute atomic E-state index is 12.5. The third kappa shape index (κ3) is 4.86. The van der Waals surface area contributed by atoms with E-state index in [0.717, 1.165) is 0 Å². The van der Waals surface area contributed by atoms with Gasteiger partial charge in [-0.1, -0.05) is 23.7 Å². The average Bonchev–Trinajstić information content (AvgIpc) is 3.19. The molecule has 0 fully saturated rings. The molecule has 0 saturated heterocycles. The van der Waals surface area contributed by atoms with E-state index < -0.39 is 13.2 Å². The van der Waals surface area contributed by atoms with Gasteiger partial charge in [0.2, 0.25) is 0 Å². The maximum Gasteiger partial charge on any atom is 0.387 e. The van der Waals surface area contributed by atoms with E-state index in [4.69, 9.17) is 11.6 Å². The van der Waals surface area contributed by atoms with Crippen molar-refractivity contribution in [2.75, 3.05) is 0 Å². The van der Waals surface area contributed by atoms with Gasteiger partial charge in [-0.05, 0) is 66.7 Å². The molecule has 4 rings (SSSR count). The topological polar surface area (TPSA) is 36.3 Å². The Hall–Kier alpha value is -3.52. The van der Waals surface area contributed by atoms with Crippen LogP contribution in [0, 0.1) is 0 Å². The Morgan fingerprint density at radius 3 is 1.78 bits per heavy atom. The van der Waals surface area contributed by atoms with Gasteiger partial charge in [-0.25, -0.2) is 4.68 Å². The van der Waals surface area contributed by atoms with Crippen molar-refractivity contribution in [3.05, 3.63) is 83.9 Å². The van der Waals surface area contributed by atoms with E-state index >= 15 is 0 Å². The minimum absolute atomic E-state index is 0.0300. The molecule has 32 heavy (non-hydrogen) atoms. The molecule has 164 valence electrons. The molecule has 0 radical (unpaired) electrons. The van der Waals surface area contributed by atoms with Crippen LogP contribution in [0.5, 0.6) is 11.5 Å². The first-order valence-electron chi connectivity index (χ1n) is 9.36. The third-order valence-corrected chi connectivity index (χ3v) is 4.86. The second-order valence-corrected chi connectivity index (χ2v) is 6.99. The normalized spacial score (nSPS) is 11.2. The fraction of sp³-hybridized carbons (Fsp3) is 0.0870. The highest BCUT2D eigenvalue weighted by Gasteiger charge is 2.16. The summed E-state index contributed by atoms with van der Waals surface area (Å²) in [4.78, 5) is 0. The Bertz CT molecular complexity index is 1200. The minimum Gasteiger partial charge on any atom is -0.435 e. The SMILES string of the molecule is FC(F)Oc1ccc(-c2cc(-c3ccc(OC(F)F)cc3)n(-c3ccccc3Cl)n2)cc1. The quantitative estimate of drug-likeness (QED) is 0.276. The fourth-order valence-corrected chi connectivity index (χ4v) is 3.36. The van der Waals surface area contributed by atoms with Crippen LogP contribution in [0.2, 0.25) is 5.02 Å². The number of halogens is 5. The zero-order valence-electron chi connectivity index (χ0n) is 16.3. The van der Waals surface area contributed by atoms with Gasteiger partial charge in [-0.3, -0.25) is 0 Å². The third-order valence-electron chi connectivity index (χ3n) is 4.54. The summed E-state index contributed by atoms with van der Waals surface area (Å²) in [6.45, 7) is -5.83. The summed E-state index contributed by atoms with van der Waals surface area (Å²) in [5.74, 6) is 0.0616. The number of hydrogen-bond donors (Lipinski definition) is 0. The van der Waals surface area contributed by atoms with Gasteiger partial charge in [-0.2, -0.15) is 22.7 Å². The number of rotatable bonds is 7. The van der Waals surface area contributed by atoms with E-state index in [1.54, 1.807) is 53.2 Å². The van der Waals surface area contributed by atoms with Gasteiger partial charge in [-0.15, -0.1) is 0 Å². The van der Waals surface area contributed by atoms with Gasteiger partial charge < -0.3 is 9.47 Å². The zero-order valence-corrected chi connectivity index (χ0v) is 17.0. The smallest absolute Gasteiger partial charge is 0.387 e. The van der Waals surface area contributed by atoms with E-state index in [0.29, 0.717) is 33.2 Å². The number of aromatic nitrogens is 2. The molecule has 0 N–H and O–H groups in total. The Morgan fingerprint density at radius 2 is 1.25 bits per heavy atom. The number of benzene rings is 3. The van der Waals surface area contributed by atoms with Crippen LogP contribution in [0.4, 0.5) is 17.6 Å². The summed E-state index contributed by atoms with van der Waals surface area (Å²) >= 11 is 6.37. The predicted octanol–water partition coefficient (Wildman–Crippen LogP) is 7.06. The van der Waals surface area contributed by atoms with Crippen LogP contribution in [-0.4, -0.2) is 23.0 Å². The van der Waals surface area contributed by atoms with Gasteiger partial charge in [0.1, 0.15) is 11.5 Å². The first-order chi connectivity index (χ1) is 15.4. The van der Waals surface area contributed by atoms with Crippen molar-refractivity contribution in [2.24, 2.45) is 0 Å². The van der Waals surface area contributed by atoms with E-state index in [9.17, 15) is 17.6 Å². The Morgan fingerprint density at radius 1 is 0.719 bits per heavy atom. The van der Waals surface area contributed by atoms with Crippen molar-refractivity contribution in [1.29, 1.82) is 0 Å². The molecule has 0 unspecified atom stereocenters. The van der Waals surface area contributed by atoms with E-state index in [1.807, 2.05) is 6.07 Å². The lowest BCUT2D eigenvalue weighted by Crippen LogP contribution is -2.02. The van der Waals surface area contributed by atoms with Crippen molar-refractivity contribution >= 4 is 11.6 Å². The van der Waals surface area contributed by atoms with Gasteiger partial charge in [0.15, 0.2) is 0 Å². The fourth-order valence-electron chi connectivity index (χ4n) is 3.15. The summed E-state index contributed by atoms with van der Waals surface area (Å²) in [6, 6.07) is 21.1. The molecular weight excluding hydrogens is 448 g/mol. The number of alkyl halides is 4. The Balaban J connectivity index is 1.76. The Kier molecular flexibility index (Phi) is 6.32. The van der Waals surface area contributed by atoms with E-state index in [2.05, 4.69) is 14.6 Å². The largest absolute Gasteiger partial charge is 0.435 e. The highest BCUT2D eigenvalue weighted by atomic mass is 35.5. The second-order valence-electron chi connectivity index (χ2n) is 6.58. The molecule has 9 heteroatoms. The van der Waals surface area contributed by atoms with Gasteiger partial charge in [0, 0.05) is 11.1 Å². The molecule has 1 aromatic heterocycles. The average molecular weight is 463 g/mol. The lowest BCUT2D eigenvalue weighted by Gasteiger charge is -2.10. The van der Waals surface area contributed by atoms with Crippen LogP contribution < -0.4 is 9.47 Å². The van der Waals surface area contributed by atoms with Crippen LogP contribution in [-0.2, 0) is 0 Å². The molecule has 0 saturated carbocycles. The highest BCUT2D eigenvalue weighted by molar-refractivity contribution is 6.32. The summed E-state index contributed by atoms with van der Waals surface area (Å²) in [5, 5.41) is 5.10. The van der Waals surface area contributed by atoms with Crippen molar-refractivity contribution in [2.45, 2.75) is 13.2 Å². The standard InChI is InChI=1S/C23H15ClF4N2O2/c24-18-3-1-2-4-20(18)30-21(15-7-11-17(12-8-15)32-23(27)28)13-19(29-30)14-5-9-16(10-6-14)31-22(25)26/h1-13,22-23H. The van der Waals surface area contributed by atoms with Crippen LogP contribution >= 0.6 is 11.6 Å². The van der Waals surface area contributed by atoms with Crippen molar-refractivity contribution in [3.8, 4) is 39.7 Å². The molecule has 0 aliphatic carbocycles. The highest BCUT2D eigenvalue weighted by Crippen LogP contribution is 2.33. The summed E-state index contributed by atoms with van der Waals surface area (Å²) in [6.07, 6.45) is 0. The predicted molar refractivity (Wildman–Crippen MR) is 113 cm³/mol. The van der Waals surface area contributed by atoms with Gasteiger partial charge >= 0.3 is 13.2 Å². The van der Waals surface area contributed by atoms with Crippen LogP contribution in [0.15, 0.2) is 78.9 Å². The van der Waals surface area contributed by atoms with E-state index in [1.165, 1.54) is 24.3 Å². The molecular formula is C23H15ClF4N2O2. The van der Waals surface area contributed by atoms with Gasteiger partial charge in [0.05, 0.1) is 22.1 Å². The molecule has 0 aliphatic rings. The van der Waals surface area contributed by atoms with E-state index in [-0.39, 0.29) is 11.5 Å². The number of ether oxygens (including phenoxy) is 2. The molecule has 0 amide bonds. The summed E-state index contributed by atoms with van der Waals surface area (Å²) in [5.41, 5.74) is 3.15. The van der Waals surface area contributed by atoms with Crippen LogP contribution in [0.25, 0.3) is 28.2 Å². The molecule has 3 aromatic carbocycles. The lowest BCUT2D eigenvalue weighted by atomic mass is 10.1. The number of nitrogens with zero attached hydrogens (tertiary/aromatic N) is 2. The molecule has 0 spiro atoms. The zero-order chi connectivity index (χ0) is 22.7. The molecule has 0 aliphatic heterocycles. The summed E-state index contributed by atoms with van der Waals surface area (Å²) in [7, 11) is 0. The molecule has 0 atom stereocenters. The van der Waals surface area contributed by atoms with Crippen molar-refractivity contribution in [3.63, 3.8) is 0 Å². The molecule has 4 nitrogen and oxygen atoms in total. The monoisotopic (exact) mass is 462 g/mol. The first kappa shape index (κ1) is 21.7.